The molecule has 198 valence electrons. The predicted molar refractivity (Wildman–Crippen MR) is 144 cm³/mol. The number of amides is 2. The number of nitro benzene ring substituents is 1. The highest BCUT2D eigenvalue weighted by atomic mass is 16.6. The Balaban J connectivity index is 1.36. The van der Waals surface area contributed by atoms with Crippen molar-refractivity contribution in [3.8, 4) is 5.75 Å². The van der Waals surface area contributed by atoms with Crippen LogP contribution in [0.25, 0.3) is 10.9 Å². The van der Waals surface area contributed by atoms with Crippen molar-refractivity contribution in [1.82, 2.24) is 10.3 Å². The van der Waals surface area contributed by atoms with Crippen molar-refractivity contribution in [2.75, 3.05) is 11.9 Å². The molecule has 0 aliphatic heterocycles. The molecule has 3 aromatic carbocycles. The molecule has 0 bridgehead atoms. The monoisotopic (exact) mass is 526 g/mol. The van der Waals surface area contributed by atoms with Gasteiger partial charge in [-0.2, -0.15) is 0 Å². The molecule has 2 N–H and O–H groups in total. The predicted octanol–water partition coefficient (Wildman–Crippen LogP) is 5.33. The zero-order valence-corrected chi connectivity index (χ0v) is 21.1. The number of carbonyl (C=O) groups excluding carboxylic acids is 2. The number of nitro groups is 1. The Morgan fingerprint density at radius 3 is 2.51 bits per heavy atom. The Bertz CT molecular complexity index is 1530. The number of fused-ring (bicyclic) bond motifs is 1. The third kappa shape index (κ3) is 5.49. The zero-order valence-electron chi connectivity index (χ0n) is 21.1. The van der Waals surface area contributed by atoms with E-state index in [2.05, 4.69) is 10.6 Å². The highest BCUT2D eigenvalue weighted by molar-refractivity contribution is 5.97. The fourth-order valence-electron chi connectivity index (χ4n) is 4.51. The van der Waals surface area contributed by atoms with Crippen molar-refractivity contribution in [1.29, 1.82) is 0 Å². The molecule has 0 radical (unpaired) electrons. The first kappa shape index (κ1) is 25.7. The lowest BCUT2D eigenvalue weighted by Gasteiger charge is -2.19. The normalized spacial score (nSPS) is 17.7. The second-order valence-electron chi connectivity index (χ2n) is 9.17. The van der Waals surface area contributed by atoms with E-state index in [4.69, 9.17) is 14.5 Å². The van der Waals surface area contributed by atoms with Crippen molar-refractivity contribution in [2.24, 2.45) is 0 Å². The van der Waals surface area contributed by atoms with Crippen LogP contribution >= 0.6 is 0 Å². The van der Waals surface area contributed by atoms with Crippen LogP contribution in [0.15, 0.2) is 84.9 Å². The van der Waals surface area contributed by atoms with Crippen molar-refractivity contribution in [3.05, 3.63) is 106 Å². The fraction of sp³-hybridized carbons (Fsp3) is 0.207. The summed E-state index contributed by atoms with van der Waals surface area (Å²) in [7, 11) is 0. The molecule has 10 nitrogen and oxygen atoms in total. The molecule has 2 atom stereocenters. The Labute approximate surface area is 224 Å². The van der Waals surface area contributed by atoms with E-state index in [0.717, 1.165) is 10.9 Å². The van der Waals surface area contributed by atoms with Gasteiger partial charge in [0.2, 0.25) is 0 Å². The summed E-state index contributed by atoms with van der Waals surface area (Å²) in [6.45, 7) is 2.23. The molecule has 4 aromatic rings. The summed E-state index contributed by atoms with van der Waals surface area (Å²) in [5.74, 6) is -0.348. The number of non-ortho nitro benzene ring substituents is 1. The van der Waals surface area contributed by atoms with Gasteiger partial charge >= 0.3 is 12.0 Å². The first-order valence-corrected chi connectivity index (χ1v) is 12.5. The van der Waals surface area contributed by atoms with Crippen molar-refractivity contribution >= 4 is 34.3 Å². The molecule has 10 heteroatoms. The summed E-state index contributed by atoms with van der Waals surface area (Å²) in [6.07, 6.45) is 0.311. The Hall–Kier alpha value is -4.99. The van der Waals surface area contributed by atoms with E-state index in [9.17, 15) is 19.7 Å². The average molecular weight is 527 g/mol. The lowest BCUT2D eigenvalue weighted by atomic mass is 10.1. The lowest BCUT2D eigenvalue weighted by Crippen LogP contribution is -2.47. The summed E-state index contributed by atoms with van der Waals surface area (Å²) in [5, 5.41) is 17.2. The van der Waals surface area contributed by atoms with Crippen LogP contribution in [-0.2, 0) is 16.1 Å². The molecule has 1 heterocycles. The maximum absolute atomic E-state index is 13.0. The van der Waals surface area contributed by atoms with Crippen LogP contribution in [0.2, 0.25) is 0 Å². The summed E-state index contributed by atoms with van der Waals surface area (Å²) in [6, 6.07) is 24.0. The number of esters is 1. The molecule has 39 heavy (non-hydrogen) atoms. The molecule has 2 unspecified atom stereocenters. The van der Waals surface area contributed by atoms with Crippen LogP contribution in [0.3, 0.4) is 0 Å². The van der Waals surface area contributed by atoms with Crippen molar-refractivity contribution < 1.29 is 24.0 Å². The first-order chi connectivity index (χ1) is 18.9. The van der Waals surface area contributed by atoms with E-state index in [-0.39, 0.29) is 12.3 Å². The maximum atomic E-state index is 13.0. The van der Waals surface area contributed by atoms with E-state index in [0.29, 0.717) is 35.7 Å². The number of carbonyl (C=O) groups is 2. The molecule has 1 aliphatic carbocycles. The van der Waals surface area contributed by atoms with Gasteiger partial charge in [-0.25, -0.2) is 14.6 Å². The summed E-state index contributed by atoms with van der Waals surface area (Å²) >= 11 is 0. The quantitative estimate of drug-likeness (QED) is 0.171. The van der Waals surface area contributed by atoms with Crippen molar-refractivity contribution in [3.63, 3.8) is 0 Å². The summed E-state index contributed by atoms with van der Waals surface area (Å²) in [4.78, 5) is 41.1. The highest BCUT2D eigenvalue weighted by Gasteiger charge is 2.64. The smallest absolute Gasteiger partial charge is 0.332 e. The van der Waals surface area contributed by atoms with E-state index in [1.54, 1.807) is 6.92 Å². The molecule has 1 fully saturated rings. The van der Waals surface area contributed by atoms with Crippen LogP contribution in [0.1, 0.15) is 30.5 Å². The maximum Gasteiger partial charge on any atom is 0.332 e. The van der Waals surface area contributed by atoms with E-state index in [1.807, 2.05) is 60.7 Å². The molecule has 2 amide bonds. The Kier molecular flexibility index (Phi) is 7.09. The largest absolute Gasteiger partial charge is 0.487 e. The van der Waals surface area contributed by atoms with Gasteiger partial charge in [0.1, 0.15) is 23.4 Å². The number of pyridine rings is 1. The van der Waals surface area contributed by atoms with Gasteiger partial charge in [0, 0.05) is 34.8 Å². The average Bonchev–Trinajstić information content (AvgIpc) is 3.67. The number of benzene rings is 3. The third-order valence-corrected chi connectivity index (χ3v) is 6.57. The van der Waals surface area contributed by atoms with Crippen LogP contribution in [-0.4, -0.2) is 34.1 Å². The number of para-hydroxylation sites is 1. The van der Waals surface area contributed by atoms with Gasteiger partial charge in [-0.1, -0.05) is 48.5 Å². The molecule has 0 spiro atoms. The van der Waals surface area contributed by atoms with Crippen LogP contribution < -0.4 is 15.4 Å². The molecule has 1 aromatic heterocycles. The van der Waals surface area contributed by atoms with Gasteiger partial charge in [0.25, 0.3) is 5.69 Å². The number of hydrogen-bond acceptors (Lipinski definition) is 7. The topological polar surface area (TPSA) is 133 Å². The van der Waals surface area contributed by atoms with E-state index in [1.165, 1.54) is 24.3 Å². The molecule has 0 saturated heterocycles. The number of ether oxygens (including phenoxy) is 2. The Morgan fingerprint density at radius 1 is 1.03 bits per heavy atom. The summed E-state index contributed by atoms with van der Waals surface area (Å²) in [5.41, 5.74) is 1.27. The Morgan fingerprint density at radius 2 is 1.79 bits per heavy atom. The van der Waals surface area contributed by atoms with Gasteiger partial charge in [-0.3, -0.25) is 10.1 Å². The van der Waals surface area contributed by atoms with Crippen molar-refractivity contribution in [2.45, 2.75) is 31.4 Å². The second kappa shape index (κ2) is 10.8. The molecule has 5 rings (SSSR count). The van der Waals surface area contributed by atoms with Crippen LogP contribution in [0, 0.1) is 10.1 Å². The lowest BCUT2D eigenvalue weighted by molar-refractivity contribution is -0.384. The number of rotatable bonds is 9. The number of nitrogens with one attached hydrogen (secondary N) is 2. The highest BCUT2D eigenvalue weighted by Crippen LogP contribution is 2.52. The van der Waals surface area contributed by atoms with Crippen LogP contribution in [0.5, 0.6) is 5.75 Å². The second-order valence-corrected chi connectivity index (χ2v) is 9.17. The van der Waals surface area contributed by atoms with Gasteiger partial charge in [0.05, 0.1) is 11.5 Å². The zero-order chi connectivity index (χ0) is 27.4. The third-order valence-electron chi connectivity index (χ3n) is 6.57. The SMILES string of the molecule is CCOC(=O)C1(NC(=O)Nc2ccc([N+](=O)[O-])cc2)CC1c1ccc2cccc(OCc3ccccc3)c2n1. The van der Waals surface area contributed by atoms with E-state index < -0.39 is 28.4 Å². The van der Waals surface area contributed by atoms with Gasteiger partial charge < -0.3 is 20.1 Å². The van der Waals surface area contributed by atoms with E-state index >= 15 is 0 Å². The minimum absolute atomic E-state index is 0.0966. The number of urea groups is 1. The fourth-order valence-corrected chi connectivity index (χ4v) is 4.51. The molecular formula is C29H26N4O6. The minimum Gasteiger partial charge on any atom is -0.487 e. The number of nitrogens with zero attached hydrogens (tertiary/aromatic N) is 2. The number of hydrogen-bond donors (Lipinski definition) is 2. The first-order valence-electron chi connectivity index (χ1n) is 12.5. The number of anilines is 1. The van der Waals surface area contributed by atoms with Gasteiger partial charge in [-0.15, -0.1) is 0 Å². The standard InChI is InChI=1S/C29H26N4O6/c1-2-38-27(34)29(32-28(35)30-21-12-14-22(15-13-21)33(36)37)17-23(29)24-16-11-20-9-6-10-25(26(20)31-24)39-18-19-7-4-3-5-8-19/h3-16,23H,2,17-18H2,1H3,(H2,30,32,35). The molecular weight excluding hydrogens is 500 g/mol. The molecule has 1 saturated carbocycles. The summed E-state index contributed by atoms with van der Waals surface area (Å²) < 4.78 is 11.4. The minimum atomic E-state index is -1.29. The van der Waals surface area contributed by atoms with Gasteiger partial charge in [-0.05, 0) is 43.2 Å². The van der Waals surface area contributed by atoms with Gasteiger partial charge in [0.15, 0.2) is 0 Å². The van der Waals surface area contributed by atoms with Crippen LogP contribution in [0.4, 0.5) is 16.2 Å². The molecule has 1 aliphatic rings. The number of aromatic nitrogens is 1.